The summed E-state index contributed by atoms with van der Waals surface area (Å²) in [6.07, 6.45) is 4.18. The molecule has 0 spiro atoms. The number of carbonyl (C=O) groups excluding carboxylic acids is 1. The standard InChI is InChI=1S/C12H16FN3O3S/c1-9-3-6-14-7-10(9)20(18,19)16-11(17)15-8-12(13)4-2-5-12/h3,6-7H,2,4-5,8H2,1H3,(H2,15,16,17). The summed E-state index contributed by atoms with van der Waals surface area (Å²) in [4.78, 5) is 15.2. The first-order chi connectivity index (χ1) is 9.32. The van der Waals surface area contributed by atoms with Crippen molar-refractivity contribution in [1.82, 2.24) is 15.0 Å². The van der Waals surface area contributed by atoms with Crippen LogP contribution in [0.2, 0.25) is 0 Å². The zero-order chi connectivity index (χ0) is 14.8. The van der Waals surface area contributed by atoms with Crippen LogP contribution in [0.15, 0.2) is 23.4 Å². The van der Waals surface area contributed by atoms with E-state index in [0.29, 0.717) is 18.4 Å². The molecule has 1 heterocycles. The Morgan fingerprint density at radius 1 is 1.50 bits per heavy atom. The van der Waals surface area contributed by atoms with E-state index in [9.17, 15) is 17.6 Å². The van der Waals surface area contributed by atoms with E-state index in [-0.39, 0.29) is 11.4 Å². The van der Waals surface area contributed by atoms with Crippen molar-refractivity contribution in [2.75, 3.05) is 6.54 Å². The Hall–Kier alpha value is -1.70. The number of pyridine rings is 1. The number of hydrogen-bond donors (Lipinski definition) is 2. The second-order valence-corrected chi connectivity index (χ2v) is 6.58. The SMILES string of the molecule is Cc1ccncc1S(=O)(=O)NC(=O)NCC1(F)CCC1. The number of halogens is 1. The third kappa shape index (κ3) is 3.24. The van der Waals surface area contributed by atoms with Gasteiger partial charge in [0.2, 0.25) is 0 Å². The van der Waals surface area contributed by atoms with Gasteiger partial charge in [0.25, 0.3) is 10.0 Å². The minimum atomic E-state index is -3.99. The Morgan fingerprint density at radius 3 is 2.75 bits per heavy atom. The summed E-state index contributed by atoms with van der Waals surface area (Å²) in [6, 6.07) is 0.592. The molecule has 1 aromatic rings. The Labute approximate surface area is 116 Å². The highest BCUT2D eigenvalue weighted by atomic mass is 32.2. The smallest absolute Gasteiger partial charge is 0.328 e. The van der Waals surface area contributed by atoms with Gasteiger partial charge in [-0.25, -0.2) is 22.3 Å². The fourth-order valence-corrected chi connectivity index (χ4v) is 3.04. The number of amides is 2. The van der Waals surface area contributed by atoms with Crippen LogP contribution in [-0.2, 0) is 10.0 Å². The number of alkyl halides is 1. The van der Waals surface area contributed by atoms with Crippen molar-refractivity contribution in [3.05, 3.63) is 24.0 Å². The van der Waals surface area contributed by atoms with Crippen LogP contribution in [0, 0.1) is 6.92 Å². The number of hydrogen-bond acceptors (Lipinski definition) is 4. The first kappa shape index (κ1) is 14.7. The first-order valence-electron chi connectivity index (χ1n) is 6.23. The largest absolute Gasteiger partial charge is 0.334 e. The predicted octanol–water partition coefficient (Wildman–Crippen LogP) is 1.27. The lowest BCUT2D eigenvalue weighted by Gasteiger charge is -2.33. The van der Waals surface area contributed by atoms with E-state index in [1.54, 1.807) is 6.92 Å². The molecular formula is C12H16FN3O3S. The van der Waals surface area contributed by atoms with E-state index in [1.165, 1.54) is 12.3 Å². The van der Waals surface area contributed by atoms with Crippen molar-refractivity contribution >= 4 is 16.1 Å². The lowest BCUT2D eigenvalue weighted by Crippen LogP contribution is -2.48. The molecule has 0 saturated heterocycles. The van der Waals surface area contributed by atoms with E-state index in [4.69, 9.17) is 0 Å². The summed E-state index contributed by atoms with van der Waals surface area (Å²) < 4.78 is 39.5. The molecule has 0 bridgehead atoms. The van der Waals surface area contributed by atoms with Crippen molar-refractivity contribution in [1.29, 1.82) is 0 Å². The average Bonchev–Trinajstić information content (AvgIpc) is 2.34. The second kappa shape index (κ2) is 5.35. The minimum absolute atomic E-state index is 0.0752. The molecule has 2 rings (SSSR count). The molecule has 0 radical (unpaired) electrons. The summed E-state index contributed by atoms with van der Waals surface area (Å²) in [7, 11) is -3.99. The van der Waals surface area contributed by atoms with E-state index in [0.717, 1.165) is 12.6 Å². The molecule has 1 fully saturated rings. The molecule has 0 atom stereocenters. The maximum atomic E-state index is 13.7. The maximum Gasteiger partial charge on any atom is 0.328 e. The monoisotopic (exact) mass is 301 g/mol. The predicted molar refractivity (Wildman–Crippen MR) is 70.4 cm³/mol. The molecule has 1 aromatic heterocycles. The number of sulfonamides is 1. The molecule has 20 heavy (non-hydrogen) atoms. The average molecular weight is 301 g/mol. The third-order valence-corrected chi connectivity index (χ3v) is 4.78. The molecule has 1 aliphatic carbocycles. The number of aryl methyl sites for hydroxylation is 1. The highest BCUT2D eigenvalue weighted by molar-refractivity contribution is 7.90. The highest BCUT2D eigenvalue weighted by Gasteiger charge is 2.37. The lowest BCUT2D eigenvalue weighted by atomic mass is 9.82. The van der Waals surface area contributed by atoms with Gasteiger partial charge < -0.3 is 5.32 Å². The summed E-state index contributed by atoms with van der Waals surface area (Å²) in [6.45, 7) is 1.42. The van der Waals surface area contributed by atoms with Gasteiger partial charge in [0.15, 0.2) is 0 Å². The highest BCUT2D eigenvalue weighted by Crippen LogP contribution is 2.34. The molecule has 0 aliphatic heterocycles. The second-order valence-electron chi connectivity index (χ2n) is 4.93. The molecular weight excluding hydrogens is 285 g/mol. The van der Waals surface area contributed by atoms with Crippen LogP contribution in [0.3, 0.4) is 0 Å². The Balaban J connectivity index is 1.98. The lowest BCUT2D eigenvalue weighted by molar-refractivity contribution is 0.0660. The molecule has 2 amide bonds. The molecule has 0 unspecified atom stereocenters. The van der Waals surface area contributed by atoms with Gasteiger partial charge in [0, 0.05) is 12.4 Å². The molecule has 1 saturated carbocycles. The number of rotatable bonds is 4. The van der Waals surface area contributed by atoms with Gasteiger partial charge in [-0.2, -0.15) is 0 Å². The van der Waals surface area contributed by atoms with Crippen molar-refractivity contribution in [3.8, 4) is 0 Å². The van der Waals surface area contributed by atoms with E-state index >= 15 is 0 Å². The Kier molecular flexibility index (Phi) is 3.94. The van der Waals surface area contributed by atoms with Crippen LogP contribution in [-0.4, -0.2) is 31.6 Å². The molecule has 6 nitrogen and oxygen atoms in total. The first-order valence-corrected chi connectivity index (χ1v) is 7.71. The van der Waals surface area contributed by atoms with Crippen LogP contribution in [0.4, 0.5) is 9.18 Å². The van der Waals surface area contributed by atoms with Gasteiger partial charge in [0.1, 0.15) is 10.6 Å². The van der Waals surface area contributed by atoms with Gasteiger partial charge in [-0.05, 0) is 37.8 Å². The van der Waals surface area contributed by atoms with E-state index < -0.39 is 21.7 Å². The Bertz CT molecular complexity index is 614. The zero-order valence-corrected chi connectivity index (χ0v) is 11.8. The third-order valence-electron chi connectivity index (χ3n) is 3.32. The van der Waals surface area contributed by atoms with Crippen molar-refractivity contribution in [2.45, 2.75) is 36.8 Å². The normalized spacial score (nSPS) is 17.1. The number of aromatic nitrogens is 1. The van der Waals surface area contributed by atoms with Crippen LogP contribution in [0.5, 0.6) is 0 Å². The van der Waals surface area contributed by atoms with E-state index in [2.05, 4.69) is 10.3 Å². The van der Waals surface area contributed by atoms with Crippen molar-refractivity contribution in [3.63, 3.8) is 0 Å². The van der Waals surface area contributed by atoms with Crippen LogP contribution in [0.1, 0.15) is 24.8 Å². The number of carbonyl (C=O) groups is 1. The molecule has 110 valence electrons. The van der Waals surface area contributed by atoms with Gasteiger partial charge in [-0.15, -0.1) is 0 Å². The van der Waals surface area contributed by atoms with Gasteiger partial charge in [-0.1, -0.05) is 0 Å². The Morgan fingerprint density at radius 2 is 2.20 bits per heavy atom. The molecule has 2 N–H and O–H groups in total. The van der Waals surface area contributed by atoms with Gasteiger partial charge in [0.05, 0.1) is 6.54 Å². The summed E-state index contributed by atoms with van der Waals surface area (Å²) in [5, 5.41) is 2.25. The molecule has 1 aliphatic rings. The number of nitrogens with one attached hydrogen (secondary N) is 2. The van der Waals surface area contributed by atoms with Crippen LogP contribution >= 0.6 is 0 Å². The number of urea groups is 1. The maximum absolute atomic E-state index is 13.7. The van der Waals surface area contributed by atoms with Gasteiger partial charge in [-0.3, -0.25) is 4.98 Å². The van der Waals surface area contributed by atoms with Crippen molar-refractivity contribution in [2.24, 2.45) is 0 Å². The van der Waals surface area contributed by atoms with Gasteiger partial charge >= 0.3 is 6.03 Å². The molecule has 8 heteroatoms. The summed E-state index contributed by atoms with van der Waals surface area (Å²) >= 11 is 0. The van der Waals surface area contributed by atoms with Crippen LogP contribution < -0.4 is 10.0 Å². The summed E-state index contributed by atoms with van der Waals surface area (Å²) in [5.41, 5.74) is -0.924. The van der Waals surface area contributed by atoms with Crippen LogP contribution in [0.25, 0.3) is 0 Å². The minimum Gasteiger partial charge on any atom is -0.334 e. The topological polar surface area (TPSA) is 88.2 Å². The summed E-state index contributed by atoms with van der Waals surface area (Å²) in [5.74, 6) is 0. The number of nitrogens with zero attached hydrogens (tertiary/aromatic N) is 1. The fraction of sp³-hybridized carbons (Fsp3) is 0.500. The fourth-order valence-electron chi connectivity index (χ4n) is 1.92. The quantitative estimate of drug-likeness (QED) is 0.876. The zero-order valence-electron chi connectivity index (χ0n) is 11.0. The van der Waals surface area contributed by atoms with E-state index in [1.807, 2.05) is 4.72 Å². The molecule has 0 aromatic carbocycles. The van der Waals surface area contributed by atoms with Crippen molar-refractivity contribution < 1.29 is 17.6 Å².